The first-order valence-electron chi connectivity index (χ1n) is 9.41. The third kappa shape index (κ3) is 3.11. The Morgan fingerprint density at radius 2 is 1.67 bits per heavy atom. The lowest BCUT2D eigenvalue weighted by atomic mass is 10.0. The van der Waals surface area contributed by atoms with Crippen LogP contribution in [0.5, 0.6) is 5.88 Å². The molecule has 2 aromatic heterocycles. The van der Waals surface area contributed by atoms with E-state index in [0.717, 1.165) is 32.9 Å². The topological polar surface area (TPSA) is 83.1 Å². The molecule has 0 bridgehead atoms. The van der Waals surface area contributed by atoms with E-state index in [4.69, 9.17) is 4.98 Å². The van der Waals surface area contributed by atoms with Gasteiger partial charge in [-0.25, -0.2) is 13.4 Å². The summed E-state index contributed by atoms with van der Waals surface area (Å²) >= 11 is 0. The number of nitrogens with one attached hydrogen (secondary N) is 1. The molecule has 5 rings (SSSR count). The molecule has 30 heavy (non-hydrogen) atoms. The van der Waals surface area contributed by atoms with Crippen LogP contribution in [0.4, 0.5) is 0 Å². The molecule has 0 saturated heterocycles. The smallest absolute Gasteiger partial charge is 0.199 e. The van der Waals surface area contributed by atoms with Crippen LogP contribution in [-0.4, -0.2) is 29.7 Å². The van der Waals surface area contributed by atoms with Gasteiger partial charge in [0.1, 0.15) is 0 Å². The Balaban J connectivity index is 1.64. The molecule has 0 aliphatic rings. The average Bonchev–Trinajstić information content (AvgIpc) is 3.07. The Kier molecular flexibility index (Phi) is 4.11. The van der Waals surface area contributed by atoms with Gasteiger partial charge in [0.05, 0.1) is 21.7 Å². The number of nitrogens with zero attached hydrogens (tertiary/aromatic N) is 1. The van der Waals surface area contributed by atoms with Crippen molar-refractivity contribution >= 4 is 31.6 Å². The van der Waals surface area contributed by atoms with E-state index < -0.39 is 9.84 Å². The molecule has 5 nitrogen and oxygen atoms in total. The first-order valence-corrected chi connectivity index (χ1v) is 11.3. The summed E-state index contributed by atoms with van der Waals surface area (Å²) in [5, 5.41) is 12.5. The highest BCUT2D eigenvalue weighted by Gasteiger charge is 2.16. The number of hydrogen-bond donors (Lipinski definition) is 2. The molecule has 6 heteroatoms. The minimum absolute atomic E-state index is 0.0508. The van der Waals surface area contributed by atoms with Crippen LogP contribution in [-0.2, 0) is 9.84 Å². The number of aromatic amines is 1. The maximum Gasteiger partial charge on any atom is 0.199 e. The van der Waals surface area contributed by atoms with Crippen molar-refractivity contribution in [3.05, 3.63) is 78.9 Å². The van der Waals surface area contributed by atoms with Crippen molar-refractivity contribution in [1.82, 2.24) is 9.97 Å². The normalized spacial score (nSPS) is 11.9. The van der Waals surface area contributed by atoms with E-state index in [0.29, 0.717) is 11.3 Å². The molecule has 0 aliphatic heterocycles. The maximum absolute atomic E-state index is 11.9. The summed E-state index contributed by atoms with van der Waals surface area (Å²) in [6.45, 7) is 0. The standard InChI is InChI=1S/C24H18N2O3S/c1-30(28,29)18-7-4-6-16(13-18)17-9-11-19-22(14-17)26-24(27)23(19)21-12-10-15-5-2-3-8-20(15)25-21/h2-14,26-27H,1H3. The van der Waals surface area contributed by atoms with Gasteiger partial charge in [-0.05, 0) is 41.5 Å². The van der Waals surface area contributed by atoms with Crippen molar-refractivity contribution in [2.75, 3.05) is 6.26 Å². The highest BCUT2D eigenvalue weighted by atomic mass is 32.2. The van der Waals surface area contributed by atoms with E-state index >= 15 is 0 Å². The van der Waals surface area contributed by atoms with E-state index in [1.54, 1.807) is 18.2 Å². The second kappa shape index (κ2) is 6.71. The number of hydrogen-bond acceptors (Lipinski definition) is 4. The summed E-state index contributed by atoms with van der Waals surface area (Å²) < 4.78 is 23.8. The Morgan fingerprint density at radius 3 is 2.50 bits per heavy atom. The summed E-state index contributed by atoms with van der Waals surface area (Å²) in [7, 11) is -3.29. The van der Waals surface area contributed by atoms with Gasteiger partial charge in [0.2, 0.25) is 0 Å². The summed E-state index contributed by atoms with van der Waals surface area (Å²) in [5.74, 6) is 0.0508. The number of benzene rings is 3. The fourth-order valence-electron chi connectivity index (χ4n) is 3.73. The van der Waals surface area contributed by atoms with Crippen LogP contribution in [0, 0.1) is 0 Å². The molecule has 0 fully saturated rings. The van der Waals surface area contributed by atoms with Crippen LogP contribution >= 0.6 is 0 Å². The van der Waals surface area contributed by atoms with Gasteiger partial charge >= 0.3 is 0 Å². The lowest BCUT2D eigenvalue weighted by molar-refractivity contribution is 0.460. The van der Waals surface area contributed by atoms with Crippen molar-refractivity contribution in [3.63, 3.8) is 0 Å². The molecular weight excluding hydrogens is 396 g/mol. The van der Waals surface area contributed by atoms with E-state index in [-0.39, 0.29) is 10.8 Å². The molecule has 3 aromatic carbocycles. The minimum atomic E-state index is -3.29. The largest absolute Gasteiger partial charge is 0.494 e. The molecule has 0 amide bonds. The molecular formula is C24H18N2O3S. The van der Waals surface area contributed by atoms with Crippen LogP contribution < -0.4 is 0 Å². The predicted molar refractivity (Wildman–Crippen MR) is 119 cm³/mol. The van der Waals surface area contributed by atoms with Gasteiger partial charge < -0.3 is 10.1 Å². The van der Waals surface area contributed by atoms with Gasteiger partial charge in [-0.15, -0.1) is 0 Å². The maximum atomic E-state index is 11.9. The van der Waals surface area contributed by atoms with E-state index in [1.807, 2.05) is 60.7 Å². The molecule has 0 unspecified atom stereocenters. The van der Waals surface area contributed by atoms with Gasteiger partial charge in [0, 0.05) is 22.5 Å². The zero-order valence-corrected chi connectivity index (χ0v) is 16.9. The highest BCUT2D eigenvalue weighted by Crippen LogP contribution is 2.38. The number of aromatic hydroxyl groups is 1. The number of H-pyrrole nitrogens is 1. The number of rotatable bonds is 3. The SMILES string of the molecule is CS(=O)(=O)c1cccc(-c2ccc3c(-c4ccc5ccccc5n4)c(O)[nH]c3c2)c1. The minimum Gasteiger partial charge on any atom is -0.494 e. The molecule has 2 N–H and O–H groups in total. The highest BCUT2D eigenvalue weighted by molar-refractivity contribution is 7.90. The Morgan fingerprint density at radius 1 is 0.867 bits per heavy atom. The first-order chi connectivity index (χ1) is 14.4. The van der Waals surface area contributed by atoms with Crippen LogP contribution in [0.2, 0.25) is 0 Å². The Labute approximate surface area is 173 Å². The molecule has 0 atom stereocenters. The fraction of sp³-hybridized carbons (Fsp3) is 0.0417. The average molecular weight is 414 g/mol. The fourth-order valence-corrected chi connectivity index (χ4v) is 4.40. The number of aromatic nitrogens is 2. The number of sulfone groups is 1. The second-order valence-corrected chi connectivity index (χ2v) is 9.31. The molecule has 148 valence electrons. The third-order valence-corrected chi connectivity index (χ3v) is 6.34. The third-order valence-electron chi connectivity index (χ3n) is 5.23. The van der Waals surface area contributed by atoms with Gasteiger partial charge in [0.25, 0.3) is 0 Å². The van der Waals surface area contributed by atoms with Crippen LogP contribution in [0.3, 0.4) is 0 Å². The van der Waals surface area contributed by atoms with E-state index in [2.05, 4.69) is 4.98 Å². The van der Waals surface area contributed by atoms with Gasteiger partial charge in [0.15, 0.2) is 15.7 Å². The molecule has 0 aliphatic carbocycles. The van der Waals surface area contributed by atoms with Crippen LogP contribution in [0.15, 0.2) is 83.8 Å². The van der Waals surface area contributed by atoms with Crippen LogP contribution in [0.1, 0.15) is 0 Å². The quantitative estimate of drug-likeness (QED) is 0.427. The van der Waals surface area contributed by atoms with E-state index in [9.17, 15) is 13.5 Å². The zero-order valence-electron chi connectivity index (χ0n) is 16.1. The molecule has 0 spiro atoms. The van der Waals surface area contributed by atoms with E-state index in [1.165, 1.54) is 6.26 Å². The number of pyridine rings is 1. The Bertz CT molecular complexity index is 1540. The van der Waals surface area contributed by atoms with Gasteiger partial charge in [-0.2, -0.15) is 0 Å². The molecule has 0 saturated carbocycles. The lowest BCUT2D eigenvalue weighted by Crippen LogP contribution is -1.96. The molecule has 2 heterocycles. The lowest BCUT2D eigenvalue weighted by Gasteiger charge is -2.06. The Hall–Kier alpha value is -3.64. The van der Waals surface area contributed by atoms with Crippen molar-refractivity contribution in [2.24, 2.45) is 0 Å². The number of para-hydroxylation sites is 1. The predicted octanol–water partition coefficient (Wildman–Crippen LogP) is 5.16. The van der Waals surface area contributed by atoms with Crippen molar-refractivity contribution in [3.8, 4) is 28.3 Å². The molecule has 5 aromatic rings. The summed E-state index contributed by atoms with van der Waals surface area (Å²) in [6.07, 6.45) is 1.20. The monoisotopic (exact) mass is 414 g/mol. The summed E-state index contributed by atoms with van der Waals surface area (Å²) in [4.78, 5) is 8.00. The van der Waals surface area contributed by atoms with Crippen molar-refractivity contribution in [2.45, 2.75) is 4.90 Å². The summed E-state index contributed by atoms with van der Waals surface area (Å²) in [5.41, 5.74) is 4.58. The number of fused-ring (bicyclic) bond motifs is 2. The second-order valence-electron chi connectivity index (χ2n) is 7.30. The van der Waals surface area contributed by atoms with Crippen molar-refractivity contribution < 1.29 is 13.5 Å². The first kappa shape index (κ1) is 18.4. The zero-order chi connectivity index (χ0) is 20.9. The molecule has 0 radical (unpaired) electrons. The summed E-state index contributed by atoms with van der Waals surface area (Å²) in [6, 6.07) is 24.3. The van der Waals surface area contributed by atoms with Crippen molar-refractivity contribution in [1.29, 1.82) is 0 Å². The van der Waals surface area contributed by atoms with Gasteiger partial charge in [-0.3, -0.25) is 0 Å². The van der Waals surface area contributed by atoms with Gasteiger partial charge in [-0.1, -0.05) is 48.5 Å². The van der Waals surface area contributed by atoms with Crippen LogP contribution in [0.25, 0.3) is 44.2 Å².